The van der Waals surface area contributed by atoms with Gasteiger partial charge >= 0.3 is 0 Å². The predicted molar refractivity (Wildman–Crippen MR) is 117 cm³/mol. The number of benzene rings is 1. The quantitative estimate of drug-likeness (QED) is 0.427. The van der Waals surface area contributed by atoms with Gasteiger partial charge in [0.15, 0.2) is 5.65 Å². The number of halogens is 2. The average molecular weight is 466 g/mol. The highest BCUT2D eigenvalue weighted by Gasteiger charge is 2.31. The van der Waals surface area contributed by atoms with Gasteiger partial charge in [-0.25, -0.2) is 8.78 Å². The fourth-order valence-electron chi connectivity index (χ4n) is 4.66. The van der Waals surface area contributed by atoms with Gasteiger partial charge in [0.1, 0.15) is 29.5 Å². The van der Waals surface area contributed by atoms with E-state index in [1.54, 1.807) is 19.3 Å². The first-order chi connectivity index (χ1) is 16.5. The van der Waals surface area contributed by atoms with Gasteiger partial charge < -0.3 is 14.6 Å². The Morgan fingerprint density at radius 3 is 2.68 bits per heavy atom. The standard InChI is InChI=1S/C23H18F2N4O2.CH2O2/c1-12-6-14(24)8-26-22(12)16-7-20-18(29-11-27-28-23(16)29)4-2-15-17(25)3-5-19-21(15)13(9-30-19)10-31-20;2-1-3/h3,5-8,11,13H,2,4,9-10H2,1H3;1H,(H,2,3)/t13-;/m1./s1. The van der Waals surface area contributed by atoms with Crippen molar-refractivity contribution in [3.63, 3.8) is 0 Å². The number of aromatic nitrogens is 4. The van der Waals surface area contributed by atoms with Crippen molar-refractivity contribution >= 4 is 12.1 Å². The van der Waals surface area contributed by atoms with Crippen molar-refractivity contribution < 1.29 is 28.2 Å². The topological polar surface area (TPSA) is 98.8 Å². The fraction of sp³-hybridized carbons (Fsp3) is 0.250. The van der Waals surface area contributed by atoms with Gasteiger partial charge in [0, 0.05) is 11.1 Å². The molecular weight excluding hydrogens is 446 g/mol. The Morgan fingerprint density at radius 1 is 1.15 bits per heavy atom. The molecule has 6 rings (SSSR count). The number of hydrogen-bond donors (Lipinski definition) is 1. The Morgan fingerprint density at radius 2 is 1.91 bits per heavy atom. The van der Waals surface area contributed by atoms with Crippen LogP contribution in [0.5, 0.6) is 11.5 Å². The van der Waals surface area contributed by atoms with Crippen LogP contribution in [0.2, 0.25) is 0 Å². The first-order valence-corrected chi connectivity index (χ1v) is 10.6. The second kappa shape index (κ2) is 8.69. The number of fused-ring (bicyclic) bond motifs is 3. The highest BCUT2D eigenvalue weighted by Crippen LogP contribution is 2.41. The highest BCUT2D eigenvalue weighted by molar-refractivity contribution is 5.78. The summed E-state index contributed by atoms with van der Waals surface area (Å²) in [6.45, 7) is 2.37. The van der Waals surface area contributed by atoms with Crippen LogP contribution >= 0.6 is 0 Å². The number of carbonyl (C=O) groups is 1. The molecule has 0 unspecified atom stereocenters. The highest BCUT2D eigenvalue weighted by atomic mass is 19.1. The van der Waals surface area contributed by atoms with Crippen LogP contribution < -0.4 is 9.47 Å². The van der Waals surface area contributed by atoms with Crippen molar-refractivity contribution in [1.82, 2.24) is 19.6 Å². The van der Waals surface area contributed by atoms with Crippen LogP contribution in [-0.4, -0.2) is 44.4 Å². The van der Waals surface area contributed by atoms with Gasteiger partial charge in [-0.15, -0.1) is 10.2 Å². The molecule has 2 aliphatic heterocycles. The third-order valence-corrected chi connectivity index (χ3v) is 6.10. The van der Waals surface area contributed by atoms with Crippen molar-refractivity contribution in [2.45, 2.75) is 25.7 Å². The van der Waals surface area contributed by atoms with Gasteiger partial charge in [0.05, 0.1) is 36.7 Å². The minimum Gasteiger partial charge on any atom is -0.493 e. The lowest BCUT2D eigenvalue weighted by Crippen LogP contribution is -2.13. The molecule has 8 nitrogen and oxygen atoms in total. The van der Waals surface area contributed by atoms with Crippen molar-refractivity contribution in [3.8, 4) is 22.8 Å². The van der Waals surface area contributed by atoms with Crippen molar-refractivity contribution in [2.75, 3.05) is 13.2 Å². The minimum absolute atomic E-state index is 0.0441. The lowest BCUT2D eigenvalue weighted by Gasteiger charge is -2.16. The molecule has 0 spiro atoms. The summed E-state index contributed by atoms with van der Waals surface area (Å²) in [5.41, 5.74) is 5.07. The van der Waals surface area contributed by atoms with Gasteiger partial charge in [0.2, 0.25) is 0 Å². The Bertz CT molecular complexity index is 1410. The van der Waals surface area contributed by atoms with Crippen LogP contribution in [0.3, 0.4) is 0 Å². The maximum Gasteiger partial charge on any atom is 0.290 e. The summed E-state index contributed by atoms with van der Waals surface area (Å²) in [5, 5.41) is 15.2. The van der Waals surface area contributed by atoms with Crippen molar-refractivity contribution in [2.24, 2.45) is 0 Å². The molecule has 2 aliphatic rings. The van der Waals surface area contributed by atoms with E-state index in [1.807, 2.05) is 10.5 Å². The van der Waals surface area contributed by atoms with E-state index < -0.39 is 5.82 Å². The summed E-state index contributed by atoms with van der Waals surface area (Å²) in [6.07, 6.45) is 3.86. The summed E-state index contributed by atoms with van der Waals surface area (Å²) in [4.78, 5) is 12.7. The van der Waals surface area contributed by atoms with E-state index in [0.29, 0.717) is 59.8 Å². The first-order valence-electron chi connectivity index (χ1n) is 10.6. The molecule has 34 heavy (non-hydrogen) atoms. The number of ether oxygens (including phenoxy) is 2. The molecule has 4 aromatic rings. The summed E-state index contributed by atoms with van der Waals surface area (Å²) in [7, 11) is 0. The number of rotatable bonds is 1. The monoisotopic (exact) mass is 466 g/mol. The molecule has 0 radical (unpaired) electrons. The molecule has 10 heteroatoms. The SMILES string of the molecule is Cc1cc(F)cnc1-c1cc2c(n3cnnc13)CCc1c(F)ccc3c1[C@H](CO3)CO2.O=CO. The van der Waals surface area contributed by atoms with E-state index in [0.717, 1.165) is 17.0 Å². The zero-order valence-corrected chi connectivity index (χ0v) is 18.2. The fourth-order valence-corrected chi connectivity index (χ4v) is 4.66. The second-order valence-corrected chi connectivity index (χ2v) is 8.07. The summed E-state index contributed by atoms with van der Waals surface area (Å²) < 4.78 is 42.2. The number of pyridine rings is 2. The number of nitrogens with zero attached hydrogens (tertiary/aromatic N) is 4. The van der Waals surface area contributed by atoms with Gasteiger partial charge in [-0.2, -0.15) is 0 Å². The lowest BCUT2D eigenvalue weighted by molar-refractivity contribution is -0.122. The van der Waals surface area contributed by atoms with Crippen LogP contribution in [0.4, 0.5) is 8.78 Å². The molecule has 0 saturated heterocycles. The lowest BCUT2D eigenvalue weighted by atomic mass is 9.93. The van der Waals surface area contributed by atoms with E-state index >= 15 is 0 Å². The van der Waals surface area contributed by atoms with E-state index in [4.69, 9.17) is 19.4 Å². The third kappa shape index (κ3) is 3.60. The zero-order valence-electron chi connectivity index (χ0n) is 18.2. The number of carboxylic acid groups (broad SMARTS) is 1. The Kier molecular flexibility index (Phi) is 5.56. The molecular formula is C24H20F2N4O4. The molecule has 5 heterocycles. The molecule has 174 valence electrons. The van der Waals surface area contributed by atoms with Gasteiger partial charge in [-0.05, 0) is 55.2 Å². The molecule has 3 aromatic heterocycles. The van der Waals surface area contributed by atoms with Crippen LogP contribution in [-0.2, 0) is 17.6 Å². The van der Waals surface area contributed by atoms with Crippen LogP contribution in [0.1, 0.15) is 28.3 Å². The van der Waals surface area contributed by atoms with Crippen LogP contribution in [0, 0.1) is 18.6 Å². The first kappa shape index (κ1) is 21.7. The normalized spacial score (nSPS) is 16.0. The molecule has 1 N–H and O–H groups in total. The maximum atomic E-state index is 14.7. The molecule has 0 saturated carbocycles. The zero-order chi connectivity index (χ0) is 23.8. The smallest absolute Gasteiger partial charge is 0.290 e. The number of aryl methyl sites for hydroxylation is 2. The van der Waals surface area contributed by atoms with Crippen LogP contribution in [0.15, 0.2) is 36.8 Å². The van der Waals surface area contributed by atoms with E-state index in [1.165, 1.54) is 18.3 Å². The van der Waals surface area contributed by atoms with E-state index in [-0.39, 0.29) is 18.2 Å². The second-order valence-electron chi connectivity index (χ2n) is 8.07. The Hall–Kier alpha value is -4.08. The average Bonchev–Trinajstić information content (AvgIpc) is 3.46. The summed E-state index contributed by atoms with van der Waals surface area (Å²) in [5.74, 6) is 0.735. The minimum atomic E-state index is -0.394. The molecule has 0 amide bonds. The molecule has 0 fully saturated rings. The summed E-state index contributed by atoms with van der Waals surface area (Å²) in [6, 6.07) is 6.49. The van der Waals surface area contributed by atoms with E-state index in [2.05, 4.69) is 15.2 Å². The van der Waals surface area contributed by atoms with Crippen molar-refractivity contribution in [1.29, 1.82) is 0 Å². The predicted octanol–water partition coefficient (Wildman–Crippen LogP) is 3.73. The largest absolute Gasteiger partial charge is 0.493 e. The molecule has 1 atom stereocenters. The van der Waals surface area contributed by atoms with Gasteiger partial charge in [-0.1, -0.05) is 0 Å². The number of hydrogen-bond acceptors (Lipinski definition) is 6. The molecule has 0 bridgehead atoms. The van der Waals surface area contributed by atoms with Gasteiger partial charge in [-0.3, -0.25) is 14.2 Å². The maximum absolute atomic E-state index is 14.7. The Labute approximate surface area is 192 Å². The third-order valence-electron chi connectivity index (χ3n) is 6.10. The summed E-state index contributed by atoms with van der Waals surface area (Å²) >= 11 is 0. The Balaban J connectivity index is 0.000000764. The van der Waals surface area contributed by atoms with E-state index in [9.17, 15) is 8.78 Å². The van der Waals surface area contributed by atoms with Crippen molar-refractivity contribution in [3.05, 3.63) is 70.8 Å². The van der Waals surface area contributed by atoms with Gasteiger partial charge in [0.25, 0.3) is 6.47 Å². The molecule has 1 aromatic carbocycles. The molecule has 0 aliphatic carbocycles. The van der Waals surface area contributed by atoms with Crippen LogP contribution in [0.25, 0.3) is 16.9 Å².